The van der Waals surface area contributed by atoms with Crippen LogP contribution in [0.3, 0.4) is 0 Å². The van der Waals surface area contributed by atoms with Crippen LogP contribution in [0, 0.1) is 6.61 Å². The predicted molar refractivity (Wildman–Crippen MR) is 33.3 cm³/mol. The van der Waals surface area contributed by atoms with E-state index in [9.17, 15) is 0 Å². The molecule has 1 nitrogen and oxygen atoms in total. The van der Waals surface area contributed by atoms with Crippen LogP contribution in [0.25, 0.3) is 0 Å². The Bertz CT molecular complexity index is 57.4. The van der Waals surface area contributed by atoms with Crippen LogP contribution in [0.4, 0.5) is 0 Å². The van der Waals surface area contributed by atoms with Crippen LogP contribution in [0.2, 0.25) is 0 Å². The largest absolute Gasteiger partial charge is 0.372 e. The molecule has 1 aliphatic carbocycles. The number of hydrogen-bond donors (Lipinski definition) is 0. The molecule has 0 N–H and O–H groups in total. The number of ether oxygens (including phenoxy) is 1. The fraction of sp³-hybridized carbons (Fsp3) is 0.857. The second kappa shape index (κ2) is 3.08. The molecule has 47 valence electrons. The molecule has 0 aromatic rings. The van der Waals surface area contributed by atoms with Gasteiger partial charge >= 0.3 is 0 Å². The maximum Gasteiger partial charge on any atom is 0.0840 e. The summed E-state index contributed by atoms with van der Waals surface area (Å²) in [7, 11) is 0. The van der Waals surface area contributed by atoms with Crippen LogP contribution in [0.5, 0.6) is 0 Å². The molecular weight excluding hydrogens is 100 g/mol. The molecule has 0 aliphatic heterocycles. The van der Waals surface area contributed by atoms with Crippen molar-refractivity contribution in [3.8, 4) is 0 Å². The monoisotopic (exact) mass is 113 g/mol. The van der Waals surface area contributed by atoms with E-state index in [1.165, 1.54) is 19.3 Å². The third kappa shape index (κ3) is 2.31. The van der Waals surface area contributed by atoms with E-state index in [1.54, 1.807) is 0 Å². The van der Waals surface area contributed by atoms with Crippen LogP contribution in [-0.4, -0.2) is 6.10 Å². The minimum absolute atomic E-state index is 0.599. The van der Waals surface area contributed by atoms with E-state index in [-0.39, 0.29) is 0 Å². The molecule has 0 atom stereocenters. The molecule has 1 radical (unpaired) electrons. The third-order valence-electron chi connectivity index (χ3n) is 1.22. The van der Waals surface area contributed by atoms with Crippen molar-refractivity contribution in [3.63, 3.8) is 0 Å². The third-order valence-corrected chi connectivity index (χ3v) is 1.22. The Morgan fingerprint density at radius 2 is 2.38 bits per heavy atom. The molecule has 1 heteroatoms. The maximum absolute atomic E-state index is 5.27. The van der Waals surface area contributed by atoms with Crippen LogP contribution >= 0.6 is 0 Å². The highest BCUT2D eigenvalue weighted by Crippen LogP contribution is 2.24. The molecule has 0 spiro atoms. The second-order valence-electron chi connectivity index (χ2n) is 2.29. The molecule has 0 saturated heterocycles. The predicted octanol–water partition coefficient (Wildman–Crippen LogP) is 2.13. The summed E-state index contributed by atoms with van der Waals surface area (Å²) in [6.07, 6.45) is 5.46. The lowest BCUT2D eigenvalue weighted by atomic mass is 10.4. The first-order valence-electron chi connectivity index (χ1n) is 3.40. The van der Waals surface area contributed by atoms with Gasteiger partial charge in [-0.05, 0) is 19.3 Å². The number of rotatable bonds is 4. The number of hydrogen-bond acceptors (Lipinski definition) is 1. The van der Waals surface area contributed by atoms with Gasteiger partial charge in [0.1, 0.15) is 0 Å². The van der Waals surface area contributed by atoms with Crippen molar-refractivity contribution >= 4 is 0 Å². The highest BCUT2D eigenvalue weighted by Gasteiger charge is 2.21. The van der Waals surface area contributed by atoms with E-state index in [1.807, 2.05) is 6.61 Å². The summed E-state index contributed by atoms with van der Waals surface area (Å²) < 4.78 is 5.27. The molecule has 0 aromatic heterocycles. The molecule has 1 saturated carbocycles. The molecule has 0 aromatic carbocycles. The molecule has 0 unspecified atom stereocenters. The maximum atomic E-state index is 5.27. The average Bonchev–Trinajstić information content (AvgIpc) is 2.51. The molecule has 8 heavy (non-hydrogen) atoms. The minimum Gasteiger partial charge on any atom is -0.372 e. The molecule has 1 rings (SSSR count). The lowest BCUT2D eigenvalue weighted by Crippen LogP contribution is -1.88. The first kappa shape index (κ1) is 6.09. The van der Waals surface area contributed by atoms with E-state index in [2.05, 4.69) is 6.92 Å². The Hall–Kier alpha value is -0.0400. The van der Waals surface area contributed by atoms with Gasteiger partial charge in [-0.1, -0.05) is 13.3 Å². The Kier molecular flexibility index (Phi) is 2.34. The summed E-state index contributed by atoms with van der Waals surface area (Å²) in [6.45, 7) is 4.10. The van der Waals surface area contributed by atoms with Crippen molar-refractivity contribution < 1.29 is 4.74 Å². The topological polar surface area (TPSA) is 9.23 Å². The van der Waals surface area contributed by atoms with E-state index in [4.69, 9.17) is 4.74 Å². The van der Waals surface area contributed by atoms with Gasteiger partial charge in [-0.15, -0.1) is 0 Å². The van der Waals surface area contributed by atoms with E-state index in [0.717, 1.165) is 6.42 Å². The van der Waals surface area contributed by atoms with Gasteiger partial charge < -0.3 is 4.74 Å². The normalized spacial score (nSPS) is 19.1. The van der Waals surface area contributed by atoms with Gasteiger partial charge in [-0.25, -0.2) is 0 Å². The lowest BCUT2D eigenvalue weighted by molar-refractivity contribution is 0.176. The average molecular weight is 113 g/mol. The zero-order valence-electron chi connectivity index (χ0n) is 5.39. The highest BCUT2D eigenvalue weighted by atomic mass is 16.5. The minimum atomic E-state index is 0.599. The van der Waals surface area contributed by atoms with Gasteiger partial charge in [0.2, 0.25) is 0 Å². The standard InChI is InChI=1S/C7H13O/c1-2-3-6-8-7-4-5-7/h6-7H,2-5H2,1H3. The van der Waals surface area contributed by atoms with Crippen LogP contribution < -0.4 is 0 Å². The van der Waals surface area contributed by atoms with Gasteiger partial charge in [0.25, 0.3) is 0 Å². The first-order valence-corrected chi connectivity index (χ1v) is 3.40. The molecule has 1 aliphatic rings. The van der Waals surface area contributed by atoms with Crippen molar-refractivity contribution in [2.45, 2.75) is 38.7 Å². The van der Waals surface area contributed by atoms with Gasteiger partial charge in [0, 0.05) is 0 Å². The summed E-state index contributed by atoms with van der Waals surface area (Å²) in [5, 5.41) is 0. The van der Waals surface area contributed by atoms with E-state index in [0.29, 0.717) is 6.10 Å². The Morgan fingerprint density at radius 1 is 1.62 bits per heavy atom. The van der Waals surface area contributed by atoms with Crippen molar-refractivity contribution in [1.29, 1.82) is 0 Å². The summed E-state index contributed by atoms with van der Waals surface area (Å²) in [4.78, 5) is 0. The summed E-state index contributed by atoms with van der Waals surface area (Å²) in [6, 6.07) is 0. The molecule has 0 amide bonds. The molecule has 0 bridgehead atoms. The Balaban J connectivity index is 1.74. The molecular formula is C7H13O. The van der Waals surface area contributed by atoms with Crippen molar-refractivity contribution in [3.05, 3.63) is 6.61 Å². The lowest BCUT2D eigenvalue weighted by Gasteiger charge is -1.95. The van der Waals surface area contributed by atoms with Crippen LogP contribution in [0.15, 0.2) is 0 Å². The SMILES string of the molecule is CCC[CH]OC1CC1. The first-order chi connectivity index (χ1) is 3.93. The summed E-state index contributed by atoms with van der Waals surface area (Å²) >= 11 is 0. The van der Waals surface area contributed by atoms with Gasteiger partial charge in [-0.2, -0.15) is 0 Å². The van der Waals surface area contributed by atoms with Crippen LogP contribution in [0.1, 0.15) is 32.6 Å². The zero-order valence-corrected chi connectivity index (χ0v) is 5.39. The van der Waals surface area contributed by atoms with Crippen molar-refractivity contribution in [2.75, 3.05) is 0 Å². The molecule has 0 heterocycles. The van der Waals surface area contributed by atoms with Gasteiger partial charge in [0.05, 0.1) is 12.7 Å². The quantitative estimate of drug-likeness (QED) is 0.507. The Morgan fingerprint density at radius 3 is 2.88 bits per heavy atom. The van der Waals surface area contributed by atoms with Gasteiger partial charge in [0.15, 0.2) is 0 Å². The van der Waals surface area contributed by atoms with Crippen molar-refractivity contribution in [1.82, 2.24) is 0 Å². The van der Waals surface area contributed by atoms with Crippen LogP contribution in [-0.2, 0) is 4.74 Å². The molecule has 1 fully saturated rings. The zero-order chi connectivity index (χ0) is 5.82. The Labute approximate surface area is 51.0 Å². The summed E-state index contributed by atoms with van der Waals surface area (Å²) in [5.74, 6) is 0. The second-order valence-corrected chi connectivity index (χ2v) is 2.29. The van der Waals surface area contributed by atoms with E-state index >= 15 is 0 Å². The number of unbranched alkanes of at least 4 members (excludes halogenated alkanes) is 1. The fourth-order valence-corrected chi connectivity index (χ4v) is 0.526. The van der Waals surface area contributed by atoms with E-state index < -0.39 is 0 Å². The van der Waals surface area contributed by atoms with Crippen molar-refractivity contribution in [2.24, 2.45) is 0 Å². The van der Waals surface area contributed by atoms with Gasteiger partial charge in [-0.3, -0.25) is 0 Å². The summed E-state index contributed by atoms with van der Waals surface area (Å²) in [5.41, 5.74) is 0. The fourth-order valence-electron chi connectivity index (χ4n) is 0.526. The smallest absolute Gasteiger partial charge is 0.0840 e. The highest BCUT2D eigenvalue weighted by molar-refractivity contribution is 4.74.